The molecule has 3 N–H and O–H groups in total. The first-order valence-electron chi connectivity index (χ1n) is 9.26. The number of amides is 1. The fourth-order valence-corrected chi connectivity index (χ4v) is 2.75. The highest BCUT2D eigenvalue weighted by molar-refractivity contribution is 7.80. The minimum atomic E-state index is -0.209. The predicted molar refractivity (Wildman–Crippen MR) is 114 cm³/mol. The van der Waals surface area contributed by atoms with Crippen LogP contribution in [-0.2, 0) is 0 Å². The molecule has 3 aromatic rings. The summed E-state index contributed by atoms with van der Waals surface area (Å²) >= 11 is 4.80. The number of benzene rings is 2. The van der Waals surface area contributed by atoms with E-state index in [9.17, 15) is 4.79 Å². The summed E-state index contributed by atoms with van der Waals surface area (Å²) in [6.45, 7) is 3.02. The fraction of sp³-hybridized carbons (Fsp3) is 0.190. The molecule has 1 aromatic heterocycles. The van der Waals surface area contributed by atoms with Gasteiger partial charge in [0.1, 0.15) is 12.4 Å². The lowest BCUT2D eigenvalue weighted by molar-refractivity contribution is 0.0946. The van der Waals surface area contributed by atoms with Gasteiger partial charge in [-0.05, 0) is 47.5 Å². The zero-order valence-corrected chi connectivity index (χ0v) is 17.1. The largest absolute Gasteiger partial charge is 0.494 e. The highest BCUT2D eigenvalue weighted by Crippen LogP contribution is 2.24. The Morgan fingerprint density at radius 1 is 1.13 bits per heavy atom. The molecule has 0 aliphatic carbocycles. The van der Waals surface area contributed by atoms with Gasteiger partial charge in [0, 0.05) is 5.56 Å². The molecular weight excluding hydrogens is 406 g/mol. The van der Waals surface area contributed by atoms with Crippen LogP contribution in [0.25, 0.3) is 11.1 Å². The van der Waals surface area contributed by atoms with Crippen molar-refractivity contribution in [3.8, 4) is 22.8 Å². The Kier molecular flexibility index (Phi) is 7.36. The Bertz CT molecular complexity index is 1000. The standard InChI is InChI=1S/C21H21N3O5S/c1-2-27-17-5-3-4-16(12-17)14-6-8-15(9-7-14)20(25)22-10-11-28-19-13-18(29-24-19)21(30)23-26/h3-9,12-13,26H,2,10-11H2,1H3,(H,22,25)(H,23,30). The first-order chi connectivity index (χ1) is 14.6. The third kappa shape index (κ3) is 5.56. The van der Waals surface area contributed by atoms with Crippen LogP contribution in [0.1, 0.15) is 23.0 Å². The number of hydroxylamine groups is 1. The zero-order valence-electron chi connectivity index (χ0n) is 16.3. The first-order valence-corrected chi connectivity index (χ1v) is 9.67. The summed E-state index contributed by atoms with van der Waals surface area (Å²) < 4.78 is 15.8. The zero-order chi connectivity index (χ0) is 21.3. The number of ether oxygens (including phenoxy) is 2. The van der Waals surface area contributed by atoms with Crippen LogP contribution in [0.2, 0.25) is 0 Å². The predicted octanol–water partition coefficient (Wildman–Crippen LogP) is 3.20. The number of hydrogen-bond acceptors (Lipinski definition) is 7. The molecule has 0 aliphatic heterocycles. The molecule has 9 heteroatoms. The highest BCUT2D eigenvalue weighted by atomic mass is 32.1. The lowest BCUT2D eigenvalue weighted by Crippen LogP contribution is -2.28. The van der Waals surface area contributed by atoms with Gasteiger partial charge in [0.15, 0.2) is 10.7 Å². The summed E-state index contributed by atoms with van der Waals surface area (Å²) in [5, 5.41) is 15.2. The van der Waals surface area contributed by atoms with Gasteiger partial charge in [-0.25, -0.2) is 0 Å². The van der Waals surface area contributed by atoms with Crippen LogP contribution in [-0.4, -0.2) is 41.0 Å². The van der Waals surface area contributed by atoms with E-state index in [1.165, 1.54) is 6.07 Å². The summed E-state index contributed by atoms with van der Waals surface area (Å²) in [4.78, 5) is 12.3. The normalized spacial score (nSPS) is 10.3. The first kappa shape index (κ1) is 21.3. The molecule has 1 heterocycles. The maximum atomic E-state index is 12.3. The Morgan fingerprint density at radius 3 is 2.67 bits per heavy atom. The molecule has 0 aliphatic rings. The van der Waals surface area contributed by atoms with E-state index in [-0.39, 0.29) is 35.7 Å². The molecule has 3 rings (SSSR count). The van der Waals surface area contributed by atoms with Gasteiger partial charge < -0.3 is 19.3 Å². The van der Waals surface area contributed by atoms with Crippen LogP contribution in [0.15, 0.2) is 59.1 Å². The number of thiocarbonyl (C=S) groups is 1. The molecule has 1 amide bonds. The second-order valence-corrected chi connectivity index (χ2v) is 6.52. The maximum Gasteiger partial charge on any atom is 0.254 e. The molecule has 0 saturated carbocycles. The van der Waals surface area contributed by atoms with Gasteiger partial charge >= 0.3 is 0 Å². The fourth-order valence-electron chi connectivity index (χ4n) is 2.66. The number of carbonyl (C=O) groups excluding carboxylic acids is 1. The topological polar surface area (TPSA) is 106 Å². The van der Waals surface area contributed by atoms with E-state index in [0.29, 0.717) is 12.2 Å². The molecular formula is C21H21N3O5S. The van der Waals surface area contributed by atoms with Crippen molar-refractivity contribution < 1.29 is 24.0 Å². The van der Waals surface area contributed by atoms with Crippen molar-refractivity contribution in [2.45, 2.75) is 6.92 Å². The minimum absolute atomic E-state index is 0.00119. The smallest absolute Gasteiger partial charge is 0.254 e. The molecule has 0 radical (unpaired) electrons. The van der Waals surface area contributed by atoms with Gasteiger partial charge in [0.25, 0.3) is 11.8 Å². The number of rotatable bonds is 9. The van der Waals surface area contributed by atoms with E-state index in [2.05, 4.69) is 10.5 Å². The molecule has 30 heavy (non-hydrogen) atoms. The van der Waals surface area contributed by atoms with Crippen LogP contribution in [0.5, 0.6) is 11.6 Å². The van der Waals surface area contributed by atoms with Crippen molar-refractivity contribution in [1.29, 1.82) is 0 Å². The molecule has 2 aromatic carbocycles. The van der Waals surface area contributed by atoms with E-state index < -0.39 is 0 Å². The average Bonchev–Trinajstić information content (AvgIpc) is 3.25. The molecule has 0 spiro atoms. The van der Waals surface area contributed by atoms with E-state index >= 15 is 0 Å². The molecule has 0 fully saturated rings. The quantitative estimate of drug-likeness (QED) is 0.272. The SMILES string of the molecule is CCOc1cccc(-c2ccc(C(=O)NCCOc3cc(C(=S)NO)on3)cc2)c1. The van der Waals surface area contributed by atoms with Crippen molar-refractivity contribution in [2.24, 2.45) is 0 Å². The number of nitrogens with zero attached hydrogens (tertiary/aromatic N) is 1. The summed E-state index contributed by atoms with van der Waals surface area (Å²) in [5.74, 6) is 0.985. The van der Waals surface area contributed by atoms with Crippen molar-refractivity contribution >= 4 is 23.1 Å². The molecule has 0 bridgehead atoms. The van der Waals surface area contributed by atoms with Gasteiger partial charge in [-0.1, -0.05) is 36.5 Å². The van der Waals surface area contributed by atoms with Crippen LogP contribution in [0.3, 0.4) is 0 Å². The Balaban J connectivity index is 1.49. The lowest BCUT2D eigenvalue weighted by Gasteiger charge is -2.08. The van der Waals surface area contributed by atoms with E-state index in [1.807, 2.05) is 43.3 Å². The third-order valence-corrected chi connectivity index (χ3v) is 4.37. The monoisotopic (exact) mass is 427 g/mol. The van der Waals surface area contributed by atoms with Crippen LogP contribution in [0, 0.1) is 0 Å². The second-order valence-electron chi connectivity index (χ2n) is 6.11. The van der Waals surface area contributed by atoms with Crippen molar-refractivity contribution in [3.05, 3.63) is 65.9 Å². The lowest BCUT2D eigenvalue weighted by atomic mass is 10.0. The van der Waals surface area contributed by atoms with Crippen LogP contribution >= 0.6 is 12.2 Å². The Hall–Kier alpha value is -3.43. The van der Waals surface area contributed by atoms with Crippen molar-refractivity contribution in [2.75, 3.05) is 19.8 Å². The Labute approximate surface area is 178 Å². The molecule has 0 unspecified atom stereocenters. The number of aromatic nitrogens is 1. The number of hydrogen-bond donors (Lipinski definition) is 3. The number of nitrogens with one attached hydrogen (secondary N) is 2. The van der Waals surface area contributed by atoms with Gasteiger partial charge in [-0.2, -0.15) is 0 Å². The van der Waals surface area contributed by atoms with E-state index in [1.54, 1.807) is 17.6 Å². The second kappa shape index (κ2) is 10.4. The molecule has 0 atom stereocenters. The van der Waals surface area contributed by atoms with Crippen molar-refractivity contribution in [3.63, 3.8) is 0 Å². The van der Waals surface area contributed by atoms with Crippen molar-refractivity contribution in [1.82, 2.24) is 16.0 Å². The summed E-state index contributed by atoms with van der Waals surface area (Å²) in [6.07, 6.45) is 0. The van der Waals surface area contributed by atoms with E-state index in [0.717, 1.165) is 16.9 Å². The van der Waals surface area contributed by atoms with Gasteiger partial charge in [0.2, 0.25) is 0 Å². The highest BCUT2D eigenvalue weighted by Gasteiger charge is 2.10. The van der Waals surface area contributed by atoms with Crippen LogP contribution in [0.4, 0.5) is 0 Å². The Morgan fingerprint density at radius 2 is 1.93 bits per heavy atom. The summed E-state index contributed by atoms with van der Waals surface area (Å²) in [6, 6.07) is 16.6. The van der Waals surface area contributed by atoms with Gasteiger partial charge in [0.05, 0.1) is 19.2 Å². The third-order valence-electron chi connectivity index (χ3n) is 4.08. The van der Waals surface area contributed by atoms with Gasteiger partial charge in [-0.3, -0.25) is 15.5 Å². The summed E-state index contributed by atoms with van der Waals surface area (Å²) in [7, 11) is 0. The molecule has 0 saturated heterocycles. The average molecular weight is 427 g/mol. The van der Waals surface area contributed by atoms with Crippen LogP contribution < -0.4 is 20.3 Å². The summed E-state index contributed by atoms with van der Waals surface area (Å²) in [5.41, 5.74) is 4.35. The molecule has 8 nitrogen and oxygen atoms in total. The number of carbonyl (C=O) groups is 1. The van der Waals surface area contributed by atoms with Gasteiger partial charge in [-0.15, -0.1) is 0 Å². The van der Waals surface area contributed by atoms with E-state index in [4.69, 9.17) is 31.4 Å². The minimum Gasteiger partial charge on any atom is -0.494 e. The maximum absolute atomic E-state index is 12.3. The molecule has 156 valence electrons.